The molecule has 1 saturated heterocycles. The Morgan fingerprint density at radius 3 is 2.58 bits per heavy atom. The van der Waals surface area contributed by atoms with Crippen LogP contribution in [0.3, 0.4) is 0 Å². The van der Waals surface area contributed by atoms with Crippen molar-refractivity contribution in [2.75, 3.05) is 30.8 Å². The van der Waals surface area contributed by atoms with Gasteiger partial charge >= 0.3 is 0 Å². The Bertz CT molecular complexity index is 613. The Hall–Kier alpha value is -1.69. The minimum absolute atomic E-state index is 0.165. The summed E-state index contributed by atoms with van der Waals surface area (Å²) in [6.45, 7) is 9.64. The van der Waals surface area contributed by atoms with E-state index in [1.807, 2.05) is 28.8 Å². The molecule has 0 bridgehead atoms. The summed E-state index contributed by atoms with van der Waals surface area (Å²) in [5.41, 5.74) is 2.13. The highest BCUT2D eigenvalue weighted by Gasteiger charge is 2.19. The Balaban J connectivity index is 1.97. The van der Waals surface area contributed by atoms with Crippen LogP contribution in [0.15, 0.2) is 29.3 Å². The molecular weight excluding hydrogens is 344 g/mol. The molecule has 1 fully saturated rings. The second kappa shape index (κ2) is 9.86. The summed E-state index contributed by atoms with van der Waals surface area (Å²) in [5, 5.41) is 6.71. The number of rotatable bonds is 7. The van der Waals surface area contributed by atoms with Crippen LogP contribution in [-0.2, 0) is 11.3 Å². The van der Waals surface area contributed by atoms with Crippen LogP contribution >= 0.6 is 11.8 Å². The lowest BCUT2D eigenvalue weighted by Gasteiger charge is -2.26. The first-order valence-electron chi connectivity index (χ1n) is 9.42. The number of piperidine rings is 1. The molecule has 26 heavy (non-hydrogen) atoms. The van der Waals surface area contributed by atoms with E-state index in [2.05, 4.69) is 54.8 Å². The maximum Gasteiger partial charge on any atom is 0.226 e. The van der Waals surface area contributed by atoms with Crippen molar-refractivity contribution < 1.29 is 4.79 Å². The monoisotopic (exact) mass is 376 g/mol. The van der Waals surface area contributed by atoms with Gasteiger partial charge in [-0.05, 0) is 57.6 Å². The average molecular weight is 377 g/mol. The van der Waals surface area contributed by atoms with Crippen LogP contribution in [0.2, 0.25) is 0 Å². The highest BCUT2D eigenvalue weighted by molar-refractivity contribution is 7.99. The molecule has 1 amide bonds. The molecule has 0 aliphatic carbocycles. The van der Waals surface area contributed by atoms with Gasteiger partial charge < -0.3 is 15.5 Å². The summed E-state index contributed by atoms with van der Waals surface area (Å²) in [4.78, 5) is 18.6. The number of carbonyl (C=O) groups is 1. The van der Waals surface area contributed by atoms with E-state index >= 15 is 0 Å². The third-order valence-corrected chi connectivity index (χ3v) is 5.82. The molecule has 0 unspecified atom stereocenters. The van der Waals surface area contributed by atoms with Crippen LogP contribution in [0.25, 0.3) is 0 Å². The second-order valence-electron chi connectivity index (χ2n) is 7.18. The average Bonchev–Trinajstić information content (AvgIpc) is 2.65. The number of nitrogens with one attached hydrogen (secondary N) is 2. The van der Waals surface area contributed by atoms with Gasteiger partial charge in [-0.2, -0.15) is 11.8 Å². The first-order valence-corrected chi connectivity index (χ1v) is 10.6. The fourth-order valence-corrected chi connectivity index (χ4v) is 2.96. The normalized spacial score (nSPS) is 15.9. The molecule has 1 aromatic carbocycles. The molecule has 6 heteroatoms. The first kappa shape index (κ1) is 20.6. The first-order chi connectivity index (χ1) is 12.4. The quantitative estimate of drug-likeness (QED) is 0.566. The summed E-state index contributed by atoms with van der Waals surface area (Å²) in [6, 6.07) is 8.20. The highest BCUT2D eigenvalue weighted by Crippen LogP contribution is 2.21. The van der Waals surface area contributed by atoms with Crippen molar-refractivity contribution in [1.29, 1.82) is 0 Å². The van der Waals surface area contributed by atoms with Crippen LogP contribution in [0.5, 0.6) is 0 Å². The lowest BCUT2D eigenvalue weighted by atomic mass is 10.1. The molecule has 1 heterocycles. The van der Waals surface area contributed by atoms with E-state index in [1.165, 1.54) is 0 Å². The van der Waals surface area contributed by atoms with Crippen molar-refractivity contribution in [3.05, 3.63) is 29.8 Å². The van der Waals surface area contributed by atoms with Gasteiger partial charge in [-0.1, -0.05) is 12.1 Å². The Morgan fingerprint density at radius 2 is 1.96 bits per heavy atom. The minimum atomic E-state index is 0.165. The number of hydrogen-bond acceptors (Lipinski definition) is 3. The smallest absolute Gasteiger partial charge is 0.226 e. The summed E-state index contributed by atoms with van der Waals surface area (Å²) in [7, 11) is 0. The molecule has 1 aliphatic heterocycles. The molecule has 0 saturated carbocycles. The lowest BCUT2D eigenvalue weighted by Crippen LogP contribution is -2.43. The maximum absolute atomic E-state index is 12.0. The van der Waals surface area contributed by atoms with Crippen molar-refractivity contribution in [1.82, 2.24) is 10.6 Å². The van der Waals surface area contributed by atoms with Crippen molar-refractivity contribution in [3.8, 4) is 0 Å². The van der Waals surface area contributed by atoms with E-state index in [0.717, 1.165) is 49.7 Å². The SMILES string of the molecule is CCNC(=NCc1ccc(N2CCCCC2=O)cc1)NCC(C)(C)SC. The zero-order valence-electron chi connectivity index (χ0n) is 16.5. The zero-order valence-corrected chi connectivity index (χ0v) is 17.3. The molecule has 0 radical (unpaired) electrons. The van der Waals surface area contributed by atoms with Gasteiger partial charge in [0.15, 0.2) is 5.96 Å². The molecule has 2 N–H and O–H groups in total. The topological polar surface area (TPSA) is 56.7 Å². The molecule has 1 aliphatic rings. The number of amides is 1. The Labute approximate surface area is 162 Å². The van der Waals surface area contributed by atoms with Gasteiger partial charge in [0.25, 0.3) is 0 Å². The van der Waals surface area contributed by atoms with Gasteiger partial charge in [-0.3, -0.25) is 4.79 Å². The number of nitrogens with zero attached hydrogens (tertiary/aromatic N) is 2. The van der Waals surface area contributed by atoms with Gasteiger partial charge in [-0.15, -0.1) is 0 Å². The van der Waals surface area contributed by atoms with Crippen molar-refractivity contribution in [3.63, 3.8) is 0 Å². The molecule has 144 valence electrons. The van der Waals surface area contributed by atoms with E-state index < -0.39 is 0 Å². The predicted octanol–water partition coefficient (Wildman–Crippen LogP) is 3.40. The molecule has 1 aromatic rings. The predicted molar refractivity (Wildman–Crippen MR) is 113 cm³/mol. The third kappa shape index (κ3) is 6.24. The maximum atomic E-state index is 12.0. The van der Waals surface area contributed by atoms with E-state index in [4.69, 9.17) is 0 Å². The molecule has 5 nitrogen and oxygen atoms in total. The van der Waals surface area contributed by atoms with E-state index in [0.29, 0.717) is 13.0 Å². The number of hydrogen-bond donors (Lipinski definition) is 2. The van der Waals surface area contributed by atoms with Crippen LogP contribution in [-0.4, -0.2) is 42.5 Å². The summed E-state index contributed by atoms with van der Waals surface area (Å²) in [5.74, 6) is 1.07. The van der Waals surface area contributed by atoms with Crippen LogP contribution in [0, 0.1) is 0 Å². The Morgan fingerprint density at radius 1 is 1.23 bits per heavy atom. The fraction of sp³-hybridized carbons (Fsp3) is 0.600. The molecule has 0 atom stereocenters. The number of benzene rings is 1. The number of aliphatic imine (C=N–C) groups is 1. The highest BCUT2D eigenvalue weighted by atomic mass is 32.2. The number of thioether (sulfide) groups is 1. The molecule has 2 rings (SSSR count). The zero-order chi connectivity index (χ0) is 19.0. The standard InChI is InChI=1S/C20H32N4OS/c1-5-21-19(23-15-20(2,3)26-4)22-14-16-9-11-17(12-10-16)24-13-7-6-8-18(24)25/h9-12H,5-8,13-15H2,1-4H3,(H2,21,22,23). The van der Waals surface area contributed by atoms with Gasteiger partial charge in [0.1, 0.15) is 0 Å². The molecule has 0 aromatic heterocycles. The summed E-state index contributed by atoms with van der Waals surface area (Å²) >= 11 is 1.84. The van der Waals surface area contributed by atoms with Crippen LogP contribution < -0.4 is 15.5 Å². The van der Waals surface area contributed by atoms with E-state index in [1.54, 1.807) is 0 Å². The minimum Gasteiger partial charge on any atom is -0.357 e. The third-order valence-electron chi connectivity index (χ3n) is 4.57. The summed E-state index contributed by atoms with van der Waals surface area (Å²) < 4.78 is 0.165. The van der Waals surface area contributed by atoms with E-state index in [9.17, 15) is 4.79 Å². The largest absolute Gasteiger partial charge is 0.357 e. The van der Waals surface area contributed by atoms with Crippen LogP contribution in [0.4, 0.5) is 5.69 Å². The summed E-state index contributed by atoms with van der Waals surface area (Å²) in [6.07, 6.45) is 4.88. The van der Waals surface area contributed by atoms with Gasteiger partial charge in [0.2, 0.25) is 5.91 Å². The van der Waals surface area contributed by atoms with Crippen molar-refractivity contribution in [2.24, 2.45) is 4.99 Å². The van der Waals surface area contributed by atoms with Crippen molar-refractivity contribution in [2.45, 2.75) is 51.3 Å². The molecular formula is C20H32N4OS. The second-order valence-corrected chi connectivity index (χ2v) is 8.69. The van der Waals surface area contributed by atoms with Crippen molar-refractivity contribution >= 4 is 29.3 Å². The van der Waals surface area contributed by atoms with Gasteiger partial charge in [0.05, 0.1) is 6.54 Å². The molecule has 0 spiro atoms. The number of guanidine groups is 1. The van der Waals surface area contributed by atoms with Crippen LogP contribution in [0.1, 0.15) is 45.6 Å². The lowest BCUT2D eigenvalue weighted by molar-refractivity contribution is -0.119. The Kier molecular flexibility index (Phi) is 7.82. The number of carbonyl (C=O) groups excluding carboxylic acids is 1. The fourth-order valence-electron chi connectivity index (χ4n) is 2.74. The van der Waals surface area contributed by atoms with Gasteiger partial charge in [0, 0.05) is 36.5 Å². The van der Waals surface area contributed by atoms with Gasteiger partial charge in [-0.25, -0.2) is 4.99 Å². The number of anilines is 1. The van der Waals surface area contributed by atoms with E-state index in [-0.39, 0.29) is 10.7 Å².